The van der Waals surface area contributed by atoms with Crippen LogP contribution >= 0.6 is 0 Å². The van der Waals surface area contributed by atoms with Gasteiger partial charge in [0.05, 0.1) is 0 Å². The van der Waals surface area contributed by atoms with E-state index in [9.17, 15) is 4.79 Å². The number of allylic oxidation sites excluding steroid dienone is 2. The molecule has 1 nitrogen and oxygen atoms in total. The number of hydrogen-bond acceptors (Lipinski definition) is 1. The lowest BCUT2D eigenvalue weighted by molar-refractivity contribution is -0.115. The van der Waals surface area contributed by atoms with Gasteiger partial charge in [0.1, 0.15) is 5.41 Å². The Morgan fingerprint density at radius 1 is 1.21 bits per heavy atom. The number of rotatable bonds is 6. The van der Waals surface area contributed by atoms with Crippen molar-refractivity contribution in [2.24, 2.45) is 5.92 Å². The average molecular weight is 274 g/mol. The van der Waals surface area contributed by atoms with Gasteiger partial charge in [-0.15, -0.1) is 0 Å². The molecule has 0 fully saturated rings. The average Bonchev–Trinajstić information content (AvgIpc) is 2.38. The highest BCUT2D eigenvalue weighted by atomic mass is 28.3. The summed E-state index contributed by atoms with van der Waals surface area (Å²) in [6.07, 6.45) is 4.20. The summed E-state index contributed by atoms with van der Waals surface area (Å²) in [5.74, 6) is 0.164. The quantitative estimate of drug-likeness (QED) is 0.564. The molecule has 0 spiro atoms. The van der Waals surface area contributed by atoms with Crippen LogP contribution in [0.5, 0.6) is 0 Å². The van der Waals surface area contributed by atoms with E-state index in [4.69, 9.17) is 0 Å². The summed E-state index contributed by atoms with van der Waals surface area (Å²) in [6, 6.07) is 10.3. The third-order valence-corrected chi connectivity index (χ3v) is 7.21. The van der Waals surface area contributed by atoms with Gasteiger partial charge in [0.15, 0.2) is 8.07 Å². The molecule has 0 heterocycles. The SMILES string of the molecule is CC(C)=CCCC(C)C(=O)[Si](C)(C)c1ccccc1. The second kappa shape index (κ2) is 6.85. The van der Waals surface area contributed by atoms with Crippen molar-refractivity contribution >= 4 is 18.7 Å². The molecule has 1 aromatic rings. The topological polar surface area (TPSA) is 17.1 Å². The van der Waals surface area contributed by atoms with Gasteiger partial charge in [-0.25, -0.2) is 0 Å². The van der Waals surface area contributed by atoms with Gasteiger partial charge in [0.25, 0.3) is 0 Å². The Kier molecular flexibility index (Phi) is 5.74. The van der Waals surface area contributed by atoms with E-state index in [-0.39, 0.29) is 5.92 Å². The summed E-state index contributed by atoms with van der Waals surface area (Å²) < 4.78 is 0. The first kappa shape index (κ1) is 15.9. The number of benzene rings is 1. The van der Waals surface area contributed by atoms with Gasteiger partial charge in [-0.2, -0.15) is 0 Å². The van der Waals surface area contributed by atoms with Gasteiger partial charge in [0, 0.05) is 5.92 Å². The molecule has 0 aliphatic heterocycles. The lowest BCUT2D eigenvalue weighted by atomic mass is 10.1. The summed E-state index contributed by atoms with van der Waals surface area (Å²) in [7, 11) is -1.98. The Morgan fingerprint density at radius 2 is 1.79 bits per heavy atom. The Labute approximate surface area is 118 Å². The molecular formula is C17H26OSi. The van der Waals surface area contributed by atoms with E-state index in [0.717, 1.165) is 12.8 Å². The van der Waals surface area contributed by atoms with Gasteiger partial charge in [-0.3, -0.25) is 0 Å². The summed E-state index contributed by atoms with van der Waals surface area (Å²) in [5, 5.41) is 1.72. The minimum atomic E-state index is -1.98. The molecule has 0 N–H and O–H groups in total. The Bertz CT molecular complexity index is 442. The predicted octanol–water partition coefficient (Wildman–Crippen LogP) is 4.09. The second-order valence-electron chi connectivity index (χ2n) is 6.12. The van der Waals surface area contributed by atoms with Crippen molar-refractivity contribution in [3.63, 3.8) is 0 Å². The van der Waals surface area contributed by atoms with Crippen LogP contribution in [0.3, 0.4) is 0 Å². The zero-order valence-electron chi connectivity index (χ0n) is 12.9. The first-order valence-electron chi connectivity index (χ1n) is 7.09. The standard InChI is InChI=1S/C17H26OSi/c1-14(2)10-9-11-15(3)17(18)19(4,5)16-12-7-6-8-13-16/h6-8,10,12-13,15H,9,11H2,1-5H3. The number of carbonyl (C=O) groups is 1. The van der Waals surface area contributed by atoms with Gasteiger partial charge in [-0.05, 0) is 26.7 Å². The molecule has 1 atom stereocenters. The zero-order valence-corrected chi connectivity index (χ0v) is 13.9. The van der Waals surface area contributed by atoms with Crippen molar-refractivity contribution in [2.45, 2.75) is 46.7 Å². The van der Waals surface area contributed by atoms with E-state index in [1.807, 2.05) is 18.2 Å². The fourth-order valence-corrected chi connectivity index (χ4v) is 5.05. The Balaban J connectivity index is 2.73. The first-order chi connectivity index (χ1) is 8.85. The zero-order chi connectivity index (χ0) is 14.5. The maximum Gasteiger partial charge on any atom is 0.157 e. The molecule has 2 heteroatoms. The van der Waals surface area contributed by atoms with Crippen LogP contribution in [0, 0.1) is 5.92 Å². The molecule has 0 aliphatic carbocycles. The third kappa shape index (κ3) is 4.46. The van der Waals surface area contributed by atoms with E-state index < -0.39 is 8.07 Å². The Hall–Kier alpha value is -1.15. The van der Waals surface area contributed by atoms with Crippen LogP contribution in [-0.4, -0.2) is 13.5 Å². The van der Waals surface area contributed by atoms with E-state index in [0.29, 0.717) is 5.41 Å². The lowest BCUT2D eigenvalue weighted by Crippen LogP contribution is -2.52. The van der Waals surface area contributed by atoms with E-state index >= 15 is 0 Å². The number of carbonyl (C=O) groups excluding carboxylic acids is 1. The molecule has 0 aliphatic rings. The normalized spacial score (nSPS) is 12.9. The summed E-state index contributed by atoms with van der Waals surface area (Å²) in [4.78, 5) is 12.7. The van der Waals surface area contributed by atoms with Gasteiger partial charge in [-0.1, -0.05) is 67.2 Å². The van der Waals surface area contributed by atoms with Crippen molar-refractivity contribution in [2.75, 3.05) is 0 Å². The molecule has 1 rings (SSSR count). The third-order valence-electron chi connectivity index (χ3n) is 3.71. The van der Waals surface area contributed by atoms with Crippen LogP contribution in [0.2, 0.25) is 13.1 Å². The van der Waals surface area contributed by atoms with Crippen molar-refractivity contribution in [3.8, 4) is 0 Å². The van der Waals surface area contributed by atoms with Gasteiger partial charge < -0.3 is 4.79 Å². The van der Waals surface area contributed by atoms with E-state index in [1.165, 1.54) is 10.8 Å². The molecule has 0 amide bonds. The molecule has 0 aromatic heterocycles. The van der Waals surface area contributed by atoms with Crippen molar-refractivity contribution in [3.05, 3.63) is 42.0 Å². The maximum absolute atomic E-state index is 12.7. The monoisotopic (exact) mass is 274 g/mol. The van der Waals surface area contributed by atoms with Crippen molar-refractivity contribution in [1.82, 2.24) is 0 Å². The van der Waals surface area contributed by atoms with Crippen LogP contribution in [0.1, 0.15) is 33.6 Å². The summed E-state index contributed by atoms with van der Waals surface area (Å²) in [5.41, 5.74) is 1.33. The fraction of sp³-hybridized carbons (Fsp3) is 0.471. The molecule has 0 bridgehead atoms. The van der Waals surface area contributed by atoms with Crippen LogP contribution in [0.25, 0.3) is 0 Å². The van der Waals surface area contributed by atoms with E-state index in [2.05, 4.69) is 52.1 Å². The largest absolute Gasteiger partial charge is 0.305 e. The lowest BCUT2D eigenvalue weighted by Gasteiger charge is -2.25. The Morgan fingerprint density at radius 3 is 2.32 bits per heavy atom. The van der Waals surface area contributed by atoms with Crippen LogP contribution in [-0.2, 0) is 4.79 Å². The minimum absolute atomic E-state index is 0.164. The molecule has 0 radical (unpaired) electrons. The van der Waals surface area contributed by atoms with Crippen molar-refractivity contribution in [1.29, 1.82) is 0 Å². The molecule has 19 heavy (non-hydrogen) atoms. The highest BCUT2D eigenvalue weighted by Crippen LogP contribution is 2.16. The number of hydrogen-bond donors (Lipinski definition) is 0. The fourth-order valence-electron chi connectivity index (χ4n) is 2.37. The summed E-state index contributed by atoms with van der Waals surface area (Å²) in [6.45, 7) is 10.6. The van der Waals surface area contributed by atoms with Gasteiger partial charge in [0.2, 0.25) is 0 Å². The molecule has 1 unspecified atom stereocenters. The minimum Gasteiger partial charge on any atom is -0.305 e. The predicted molar refractivity (Wildman–Crippen MR) is 86.4 cm³/mol. The van der Waals surface area contributed by atoms with Crippen LogP contribution < -0.4 is 5.19 Å². The highest BCUT2D eigenvalue weighted by Gasteiger charge is 2.34. The second-order valence-corrected chi connectivity index (χ2v) is 10.4. The first-order valence-corrected chi connectivity index (χ1v) is 10.1. The molecule has 0 saturated carbocycles. The molecular weight excluding hydrogens is 248 g/mol. The highest BCUT2D eigenvalue weighted by molar-refractivity contribution is 7.13. The maximum atomic E-state index is 12.7. The molecule has 0 saturated heterocycles. The smallest absolute Gasteiger partial charge is 0.157 e. The van der Waals surface area contributed by atoms with Crippen LogP contribution in [0.15, 0.2) is 42.0 Å². The molecule has 104 valence electrons. The summed E-state index contributed by atoms with van der Waals surface area (Å²) >= 11 is 0. The van der Waals surface area contributed by atoms with E-state index in [1.54, 1.807) is 0 Å². The van der Waals surface area contributed by atoms with Crippen molar-refractivity contribution < 1.29 is 4.79 Å². The molecule has 1 aromatic carbocycles. The van der Waals surface area contributed by atoms with Gasteiger partial charge >= 0.3 is 0 Å². The van der Waals surface area contributed by atoms with Crippen LogP contribution in [0.4, 0.5) is 0 Å².